The number of ether oxygens (including phenoxy) is 2. The number of nitrogens with one attached hydrogen (secondary N) is 1. The van der Waals surface area contributed by atoms with E-state index in [1.54, 1.807) is 18.2 Å². The maximum absolute atomic E-state index is 12.4. The molecule has 0 aromatic heterocycles. The number of hydrogen-bond donors (Lipinski definition) is 1. The Kier molecular flexibility index (Phi) is 6.17. The van der Waals surface area contributed by atoms with Crippen molar-refractivity contribution in [1.82, 2.24) is 0 Å². The molecule has 0 radical (unpaired) electrons. The third kappa shape index (κ3) is 4.58. The van der Waals surface area contributed by atoms with Gasteiger partial charge in [0.1, 0.15) is 0 Å². The average molecular weight is 427 g/mol. The van der Waals surface area contributed by atoms with Crippen molar-refractivity contribution in [3.63, 3.8) is 0 Å². The number of rotatable bonds is 4. The van der Waals surface area contributed by atoms with E-state index in [0.717, 1.165) is 0 Å². The van der Waals surface area contributed by atoms with Gasteiger partial charge in [0.25, 0.3) is 5.91 Å². The van der Waals surface area contributed by atoms with Crippen LogP contribution in [-0.4, -0.2) is 32.1 Å². The Bertz CT molecular complexity index is 819. The number of carbonyl (C=O) groups is 3. The van der Waals surface area contributed by atoms with Crippen molar-refractivity contribution in [2.75, 3.05) is 19.5 Å². The molecule has 0 spiro atoms. The van der Waals surface area contributed by atoms with Crippen molar-refractivity contribution in [2.45, 2.75) is 0 Å². The average Bonchev–Trinajstić information content (AvgIpc) is 2.61. The molecule has 2 aromatic rings. The predicted molar refractivity (Wildman–Crippen MR) is 96.2 cm³/mol. The Labute approximate surface area is 157 Å². The van der Waals surface area contributed by atoms with Gasteiger partial charge in [0, 0.05) is 10.2 Å². The fourth-order valence-electron chi connectivity index (χ4n) is 2.04. The predicted octanol–water partition coefficient (Wildman–Crippen LogP) is 3.93. The summed E-state index contributed by atoms with van der Waals surface area (Å²) < 4.78 is 9.99. The van der Waals surface area contributed by atoms with Crippen molar-refractivity contribution < 1.29 is 23.9 Å². The van der Waals surface area contributed by atoms with Crippen LogP contribution >= 0.6 is 27.5 Å². The molecule has 0 unspecified atom stereocenters. The summed E-state index contributed by atoms with van der Waals surface area (Å²) in [6.07, 6.45) is 0. The highest BCUT2D eigenvalue weighted by Crippen LogP contribution is 2.23. The van der Waals surface area contributed by atoms with Crippen LogP contribution in [0.3, 0.4) is 0 Å². The minimum Gasteiger partial charge on any atom is -0.465 e. The van der Waals surface area contributed by atoms with E-state index in [1.807, 2.05) is 0 Å². The van der Waals surface area contributed by atoms with E-state index in [4.69, 9.17) is 11.6 Å². The lowest BCUT2D eigenvalue weighted by Crippen LogP contribution is -2.14. The molecule has 0 atom stereocenters. The molecule has 1 N–H and O–H groups in total. The van der Waals surface area contributed by atoms with Gasteiger partial charge in [-0.25, -0.2) is 9.59 Å². The van der Waals surface area contributed by atoms with Gasteiger partial charge in [-0.1, -0.05) is 27.5 Å². The number of methoxy groups -OCH3 is 2. The molecule has 1 amide bonds. The summed E-state index contributed by atoms with van der Waals surface area (Å²) in [5, 5.41) is 2.87. The summed E-state index contributed by atoms with van der Waals surface area (Å²) >= 11 is 9.30. The van der Waals surface area contributed by atoms with Crippen LogP contribution in [0, 0.1) is 0 Å². The zero-order valence-corrected chi connectivity index (χ0v) is 15.6. The Balaban J connectivity index is 2.40. The van der Waals surface area contributed by atoms with E-state index in [1.165, 1.54) is 32.4 Å². The number of benzene rings is 2. The quantitative estimate of drug-likeness (QED) is 0.749. The zero-order valence-electron chi connectivity index (χ0n) is 13.3. The molecule has 25 heavy (non-hydrogen) atoms. The lowest BCUT2D eigenvalue weighted by atomic mass is 10.1. The smallest absolute Gasteiger partial charge is 0.337 e. The molecule has 0 bridgehead atoms. The summed E-state index contributed by atoms with van der Waals surface area (Å²) in [5.74, 6) is -1.80. The van der Waals surface area contributed by atoms with E-state index in [9.17, 15) is 14.4 Å². The van der Waals surface area contributed by atoms with Crippen LogP contribution in [0.5, 0.6) is 0 Å². The topological polar surface area (TPSA) is 81.7 Å². The fourth-order valence-corrected chi connectivity index (χ4v) is 2.61. The molecule has 0 aliphatic rings. The van der Waals surface area contributed by atoms with Gasteiger partial charge in [-0.2, -0.15) is 0 Å². The van der Waals surface area contributed by atoms with Crippen LogP contribution in [0.2, 0.25) is 5.02 Å². The largest absolute Gasteiger partial charge is 0.465 e. The summed E-state index contributed by atoms with van der Waals surface area (Å²) in [5.41, 5.74) is 0.658. The molecule has 0 aliphatic heterocycles. The van der Waals surface area contributed by atoms with Crippen LogP contribution in [-0.2, 0) is 9.47 Å². The maximum atomic E-state index is 12.4. The van der Waals surface area contributed by atoms with Gasteiger partial charge in [-0.15, -0.1) is 0 Å². The standard InChI is InChI=1S/C17H13BrClNO5/c1-24-16(22)9-5-10(17(23)25-2)7-12(6-9)20-15(21)13-8-11(18)3-4-14(13)19/h3-8H,1-2H3,(H,20,21). The molecular formula is C17H13BrClNO5. The first kappa shape index (κ1) is 19.0. The van der Waals surface area contributed by atoms with Crippen LogP contribution in [0.1, 0.15) is 31.1 Å². The monoisotopic (exact) mass is 425 g/mol. The molecular weight excluding hydrogens is 414 g/mol. The summed E-state index contributed by atoms with van der Waals surface area (Å²) in [7, 11) is 2.43. The first-order chi connectivity index (χ1) is 11.8. The molecule has 8 heteroatoms. The highest BCUT2D eigenvalue weighted by molar-refractivity contribution is 9.10. The Morgan fingerprint density at radius 3 is 2.04 bits per heavy atom. The Hall–Kier alpha value is -2.38. The first-order valence-corrected chi connectivity index (χ1v) is 8.11. The number of esters is 2. The third-order valence-corrected chi connectivity index (χ3v) is 4.03. The molecule has 2 rings (SSSR count). The Morgan fingerprint density at radius 2 is 1.52 bits per heavy atom. The van der Waals surface area contributed by atoms with Gasteiger partial charge in [0.05, 0.1) is 35.9 Å². The van der Waals surface area contributed by atoms with Gasteiger partial charge in [-0.05, 0) is 36.4 Å². The number of hydrogen-bond acceptors (Lipinski definition) is 5. The van der Waals surface area contributed by atoms with E-state index in [-0.39, 0.29) is 27.4 Å². The van der Waals surface area contributed by atoms with Crippen LogP contribution < -0.4 is 5.32 Å². The van der Waals surface area contributed by atoms with Crippen molar-refractivity contribution >= 4 is 51.1 Å². The summed E-state index contributed by atoms with van der Waals surface area (Å²) in [4.78, 5) is 36.0. The summed E-state index contributed by atoms with van der Waals surface area (Å²) in [6, 6.07) is 8.93. The first-order valence-electron chi connectivity index (χ1n) is 6.94. The molecule has 0 saturated heterocycles. The summed E-state index contributed by atoms with van der Waals surface area (Å²) in [6.45, 7) is 0. The van der Waals surface area contributed by atoms with Gasteiger partial charge in [0.15, 0.2) is 0 Å². The molecule has 2 aromatic carbocycles. The van der Waals surface area contributed by atoms with E-state index >= 15 is 0 Å². The third-order valence-electron chi connectivity index (χ3n) is 3.21. The number of halogens is 2. The second-order valence-electron chi connectivity index (χ2n) is 4.86. The van der Waals surface area contributed by atoms with E-state index < -0.39 is 17.8 Å². The molecule has 6 nitrogen and oxygen atoms in total. The normalized spacial score (nSPS) is 10.1. The van der Waals surface area contributed by atoms with Crippen LogP contribution in [0.4, 0.5) is 5.69 Å². The second kappa shape index (κ2) is 8.13. The second-order valence-corrected chi connectivity index (χ2v) is 6.18. The SMILES string of the molecule is COC(=O)c1cc(NC(=O)c2cc(Br)ccc2Cl)cc(C(=O)OC)c1. The number of anilines is 1. The molecule has 0 fully saturated rings. The van der Waals surface area contributed by atoms with Crippen molar-refractivity contribution in [2.24, 2.45) is 0 Å². The minimum absolute atomic E-state index is 0.0982. The van der Waals surface area contributed by atoms with E-state index in [2.05, 4.69) is 30.7 Å². The molecule has 0 aliphatic carbocycles. The lowest BCUT2D eigenvalue weighted by molar-refractivity contribution is 0.0599. The molecule has 0 saturated carbocycles. The van der Waals surface area contributed by atoms with E-state index in [0.29, 0.717) is 4.47 Å². The van der Waals surface area contributed by atoms with Crippen LogP contribution in [0.25, 0.3) is 0 Å². The van der Waals surface area contributed by atoms with Gasteiger partial charge < -0.3 is 14.8 Å². The van der Waals surface area contributed by atoms with Crippen LogP contribution in [0.15, 0.2) is 40.9 Å². The minimum atomic E-state index is -0.651. The molecule has 0 heterocycles. The Morgan fingerprint density at radius 1 is 0.960 bits per heavy atom. The number of carbonyl (C=O) groups excluding carboxylic acids is 3. The molecule has 130 valence electrons. The van der Waals surface area contributed by atoms with Crippen molar-refractivity contribution in [3.8, 4) is 0 Å². The van der Waals surface area contributed by atoms with Gasteiger partial charge in [-0.3, -0.25) is 4.79 Å². The van der Waals surface area contributed by atoms with Crippen molar-refractivity contribution in [3.05, 3.63) is 62.6 Å². The highest BCUT2D eigenvalue weighted by Gasteiger charge is 2.16. The lowest BCUT2D eigenvalue weighted by Gasteiger charge is -2.10. The van der Waals surface area contributed by atoms with Gasteiger partial charge in [0.2, 0.25) is 0 Å². The zero-order chi connectivity index (χ0) is 18.6. The van der Waals surface area contributed by atoms with Crippen molar-refractivity contribution in [1.29, 1.82) is 0 Å². The number of amides is 1. The van der Waals surface area contributed by atoms with Gasteiger partial charge >= 0.3 is 11.9 Å². The maximum Gasteiger partial charge on any atom is 0.337 e. The highest BCUT2D eigenvalue weighted by atomic mass is 79.9. The fraction of sp³-hybridized carbons (Fsp3) is 0.118.